The van der Waals surface area contributed by atoms with Gasteiger partial charge in [-0.15, -0.1) is 0 Å². The van der Waals surface area contributed by atoms with Gasteiger partial charge in [-0.3, -0.25) is 9.10 Å². The topological polar surface area (TPSA) is 115 Å². The molecule has 9 nitrogen and oxygen atoms in total. The highest BCUT2D eigenvalue weighted by Crippen LogP contribution is 2.29. The first kappa shape index (κ1) is 20.3. The quantitative estimate of drug-likeness (QED) is 0.596. The van der Waals surface area contributed by atoms with Gasteiger partial charge in [-0.1, -0.05) is 47.6 Å². The maximum atomic E-state index is 12.4. The standard InChI is InChI=1S/C19H20N4O5S/c1-27-16-11-7-6-10-15(16)23(29(2,25)26)13-17(24)20-12-18-21-19(22-28-18)14-8-4-3-5-9-14/h3-11H,12-13H2,1-2H3,(H,20,24). The minimum Gasteiger partial charge on any atom is -0.495 e. The number of hydrogen-bond acceptors (Lipinski definition) is 7. The van der Waals surface area contributed by atoms with Crippen LogP contribution in [-0.4, -0.2) is 44.4 Å². The van der Waals surface area contributed by atoms with Crippen LogP contribution in [0.4, 0.5) is 5.69 Å². The summed E-state index contributed by atoms with van der Waals surface area (Å²) >= 11 is 0. The van der Waals surface area contributed by atoms with Crippen molar-refractivity contribution >= 4 is 21.6 Å². The largest absolute Gasteiger partial charge is 0.495 e. The molecule has 0 atom stereocenters. The summed E-state index contributed by atoms with van der Waals surface area (Å²) in [5.74, 6) is 0.429. The number of nitrogens with zero attached hydrogens (tertiary/aromatic N) is 3. The van der Waals surface area contributed by atoms with Crippen molar-refractivity contribution in [3.8, 4) is 17.1 Å². The van der Waals surface area contributed by atoms with Crippen LogP contribution >= 0.6 is 0 Å². The molecule has 1 heterocycles. The van der Waals surface area contributed by atoms with Crippen LogP contribution in [0.3, 0.4) is 0 Å². The SMILES string of the molecule is COc1ccccc1N(CC(=O)NCc1nc(-c2ccccc2)no1)S(C)(=O)=O. The number of hydrogen-bond donors (Lipinski definition) is 1. The Bertz CT molecular complexity index is 1080. The second-order valence-electron chi connectivity index (χ2n) is 6.10. The summed E-state index contributed by atoms with van der Waals surface area (Å²) in [5.41, 5.74) is 1.06. The van der Waals surface area contributed by atoms with E-state index in [1.807, 2.05) is 30.3 Å². The molecule has 0 bridgehead atoms. The summed E-state index contributed by atoms with van der Waals surface area (Å²) in [6.07, 6.45) is 1.02. The molecule has 0 aliphatic carbocycles. The summed E-state index contributed by atoms with van der Waals surface area (Å²) in [5, 5.41) is 6.47. The number of benzene rings is 2. The first-order chi connectivity index (χ1) is 13.9. The molecule has 0 fully saturated rings. The lowest BCUT2D eigenvalue weighted by molar-refractivity contribution is -0.119. The molecular formula is C19H20N4O5S. The summed E-state index contributed by atoms with van der Waals surface area (Å²) in [4.78, 5) is 16.6. The lowest BCUT2D eigenvalue weighted by Crippen LogP contribution is -2.40. The van der Waals surface area contributed by atoms with E-state index in [0.29, 0.717) is 11.6 Å². The number of anilines is 1. The van der Waals surface area contributed by atoms with Crippen molar-refractivity contribution in [2.75, 3.05) is 24.2 Å². The molecule has 2 aromatic carbocycles. The molecule has 0 unspecified atom stereocenters. The van der Waals surface area contributed by atoms with Crippen LogP contribution < -0.4 is 14.4 Å². The monoisotopic (exact) mass is 416 g/mol. The van der Waals surface area contributed by atoms with Gasteiger partial charge >= 0.3 is 0 Å². The number of carbonyl (C=O) groups excluding carboxylic acids is 1. The maximum absolute atomic E-state index is 12.4. The number of rotatable bonds is 8. The van der Waals surface area contributed by atoms with E-state index in [2.05, 4.69) is 15.5 Å². The average Bonchev–Trinajstić information content (AvgIpc) is 3.19. The van der Waals surface area contributed by atoms with Crippen molar-refractivity contribution in [1.29, 1.82) is 0 Å². The van der Waals surface area contributed by atoms with Crippen LogP contribution in [-0.2, 0) is 21.4 Å². The van der Waals surface area contributed by atoms with Crippen molar-refractivity contribution in [3.63, 3.8) is 0 Å². The van der Waals surface area contributed by atoms with Crippen LogP contribution in [0.5, 0.6) is 5.75 Å². The lowest BCUT2D eigenvalue weighted by Gasteiger charge is -2.23. The summed E-state index contributed by atoms with van der Waals surface area (Å²) in [6, 6.07) is 15.8. The Labute approximate surface area is 168 Å². The van der Waals surface area contributed by atoms with Crippen LogP contribution in [0.25, 0.3) is 11.4 Å². The van der Waals surface area contributed by atoms with E-state index in [9.17, 15) is 13.2 Å². The molecule has 1 aromatic heterocycles. The lowest BCUT2D eigenvalue weighted by atomic mass is 10.2. The van der Waals surface area contributed by atoms with Crippen molar-refractivity contribution in [1.82, 2.24) is 15.5 Å². The van der Waals surface area contributed by atoms with Gasteiger partial charge in [0.25, 0.3) is 0 Å². The molecule has 1 amide bonds. The van der Waals surface area contributed by atoms with Crippen LogP contribution in [0.15, 0.2) is 59.1 Å². The third-order valence-corrected chi connectivity index (χ3v) is 5.10. The van der Waals surface area contributed by atoms with Crippen LogP contribution in [0.2, 0.25) is 0 Å². The highest BCUT2D eigenvalue weighted by Gasteiger charge is 2.24. The molecular weight excluding hydrogens is 396 g/mol. The number of carbonyl (C=O) groups is 1. The molecule has 1 N–H and O–H groups in total. The molecule has 152 valence electrons. The Hall–Kier alpha value is -3.40. The third-order valence-electron chi connectivity index (χ3n) is 3.98. The number of aromatic nitrogens is 2. The van der Waals surface area contributed by atoms with Crippen molar-refractivity contribution in [3.05, 3.63) is 60.5 Å². The highest BCUT2D eigenvalue weighted by atomic mass is 32.2. The van der Waals surface area contributed by atoms with Crippen molar-refractivity contribution < 1.29 is 22.5 Å². The van der Waals surface area contributed by atoms with Gasteiger partial charge in [0.15, 0.2) is 0 Å². The van der Waals surface area contributed by atoms with Crippen LogP contribution in [0, 0.1) is 0 Å². The normalized spacial score (nSPS) is 11.1. The van der Waals surface area contributed by atoms with E-state index >= 15 is 0 Å². The fraction of sp³-hybridized carbons (Fsp3) is 0.211. The zero-order valence-electron chi connectivity index (χ0n) is 15.9. The second-order valence-corrected chi connectivity index (χ2v) is 8.00. The van der Waals surface area contributed by atoms with E-state index in [0.717, 1.165) is 16.1 Å². The average molecular weight is 416 g/mol. The number of nitrogens with one attached hydrogen (secondary N) is 1. The predicted octanol–water partition coefficient (Wildman–Crippen LogP) is 1.83. The third kappa shape index (κ3) is 5.11. The Morgan fingerprint density at radius 1 is 1.14 bits per heavy atom. The van der Waals surface area contributed by atoms with Gasteiger partial charge in [-0.25, -0.2) is 8.42 Å². The molecule has 3 rings (SSSR count). The van der Waals surface area contributed by atoms with E-state index in [4.69, 9.17) is 9.26 Å². The predicted molar refractivity (Wildman–Crippen MR) is 107 cm³/mol. The van der Waals surface area contributed by atoms with Crippen molar-refractivity contribution in [2.24, 2.45) is 0 Å². The smallest absolute Gasteiger partial charge is 0.246 e. The first-order valence-electron chi connectivity index (χ1n) is 8.64. The summed E-state index contributed by atoms with van der Waals surface area (Å²) < 4.78 is 35.8. The van der Waals surface area contributed by atoms with E-state index in [1.165, 1.54) is 7.11 Å². The number of sulfonamides is 1. The van der Waals surface area contributed by atoms with E-state index < -0.39 is 22.5 Å². The molecule has 0 spiro atoms. The number of amides is 1. The van der Waals surface area contributed by atoms with Gasteiger partial charge in [0.1, 0.15) is 12.3 Å². The van der Waals surface area contributed by atoms with Gasteiger partial charge in [-0.05, 0) is 12.1 Å². The molecule has 0 saturated carbocycles. The van der Waals surface area contributed by atoms with Gasteiger partial charge in [0.2, 0.25) is 27.6 Å². The Morgan fingerprint density at radius 2 is 1.83 bits per heavy atom. The number of para-hydroxylation sites is 2. The number of methoxy groups -OCH3 is 1. The molecule has 0 saturated heterocycles. The van der Waals surface area contributed by atoms with Gasteiger partial charge < -0.3 is 14.6 Å². The van der Waals surface area contributed by atoms with Crippen molar-refractivity contribution in [2.45, 2.75) is 6.54 Å². The molecule has 29 heavy (non-hydrogen) atoms. The fourth-order valence-electron chi connectivity index (χ4n) is 2.61. The molecule has 0 aliphatic heterocycles. The van der Waals surface area contributed by atoms with Gasteiger partial charge in [0.05, 0.1) is 25.6 Å². The maximum Gasteiger partial charge on any atom is 0.246 e. The first-order valence-corrected chi connectivity index (χ1v) is 10.5. The number of ether oxygens (including phenoxy) is 1. The minimum atomic E-state index is -3.72. The zero-order chi connectivity index (χ0) is 20.9. The van der Waals surface area contributed by atoms with E-state index in [-0.39, 0.29) is 18.1 Å². The summed E-state index contributed by atoms with van der Waals surface area (Å²) in [7, 11) is -2.29. The van der Waals surface area contributed by atoms with E-state index in [1.54, 1.807) is 24.3 Å². The Morgan fingerprint density at radius 3 is 2.52 bits per heavy atom. The molecule has 0 aliphatic rings. The fourth-order valence-corrected chi connectivity index (χ4v) is 3.47. The van der Waals surface area contributed by atoms with Crippen LogP contribution in [0.1, 0.15) is 5.89 Å². The molecule has 10 heteroatoms. The van der Waals surface area contributed by atoms with Gasteiger partial charge in [-0.2, -0.15) is 4.98 Å². The second kappa shape index (κ2) is 8.74. The molecule has 0 radical (unpaired) electrons. The van der Waals surface area contributed by atoms with Gasteiger partial charge in [0, 0.05) is 5.56 Å². The highest BCUT2D eigenvalue weighted by molar-refractivity contribution is 7.92. The Balaban J connectivity index is 1.68. The summed E-state index contributed by atoms with van der Waals surface area (Å²) in [6.45, 7) is -0.443. The molecule has 3 aromatic rings. The zero-order valence-corrected chi connectivity index (χ0v) is 16.7. The minimum absolute atomic E-state index is 0.0256. The Kier molecular flexibility index (Phi) is 6.13.